The van der Waals surface area contributed by atoms with Crippen LogP contribution >= 0.6 is 0 Å². The molecule has 0 radical (unpaired) electrons. The second-order valence-electron chi connectivity index (χ2n) is 19.5. The van der Waals surface area contributed by atoms with Crippen LogP contribution in [0.3, 0.4) is 0 Å². The van der Waals surface area contributed by atoms with Crippen molar-refractivity contribution < 1.29 is 28.6 Å². The van der Waals surface area contributed by atoms with Crippen LogP contribution in [0.2, 0.25) is 0 Å². The van der Waals surface area contributed by atoms with Crippen LogP contribution in [-0.4, -0.2) is 37.2 Å². The molecule has 2 atom stereocenters. The van der Waals surface area contributed by atoms with E-state index in [1.54, 1.807) is 0 Å². The Hall–Kier alpha value is -1.59. The van der Waals surface area contributed by atoms with Gasteiger partial charge in [0.15, 0.2) is 6.10 Å². The molecule has 0 aliphatic heterocycles. The van der Waals surface area contributed by atoms with Crippen molar-refractivity contribution in [1.29, 1.82) is 0 Å². The van der Waals surface area contributed by atoms with Gasteiger partial charge in [0.2, 0.25) is 0 Å². The molecule has 0 spiro atoms. The van der Waals surface area contributed by atoms with E-state index in [1.807, 2.05) is 0 Å². The Morgan fingerprint density at radius 1 is 0.323 bits per heavy atom. The molecule has 0 aromatic rings. The number of rotatable bonds is 51. The van der Waals surface area contributed by atoms with Crippen LogP contribution in [0.25, 0.3) is 0 Å². The van der Waals surface area contributed by atoms with Gasteiger partial charge in [-0.05, 0) is 25.2 Å². The van der Waals surface area contributed by atoms with Gasteiger partial charge in [0.1, 0.15) is 13.2 Å². The van der Waals surface area contributed by atoms with Crippen LogP contribution in [-0.2, 0) is 28.6 Å². The molecule has 0 rings (SSSR count). The van der Waals surface area contributed by atoms with E-state index in [4.69, 9.17) is 14.2 Å². The van der Waals surface area contributed by atoms with Gasteiger partial charge in [0.05, 0.1) is 0 Å². The largest absolute Gasteiger partial charge is 0.462 e. The lowest BCUT2D eigenvalue weighted by molar-refractivity contribution is -0.167. The Morgan fingerprint density at radius 3 is 0.839 bits per heavy atom. The third kappa shape index (κ3) is 47.9. The summed E-state index contributed by atoms with van der Waals surface area (Å²) in [6.45, 7) is 9.06. The highest BCUT2D eigenvalue weighted by molar-refractivity contribution is 5.71. The van der Waals surface area contributed by atoms with Gasteiger partial charge in [0, 0.05) is 19.3 Å². The monoisotopic (exact) mass is 877 g/mol. The highest BCUT2D eigenvalue weighted by atomic mass is 16.6. The van der Waals surface area contributed by atoms with Gasteiger partial charge in [0.25, 0.3) is 0 Å². The number of hydrogen-bond donors (Lipinski definition) is 0. The van der Waals surface area contributed by atoms with E-state index < -0.39 is 6.10 Å². The molecule has 0 fully saturated rings. The van der Waals surface area contributed by atoms with E-state index in [-0.39, 0.29) is 31.1 Å². The summed E-state index contributed by atoms with van der Waals surface area (Å²) < 4.78 is 16.8. The summed E-state index contributed by atoms with van der Waals surface area (Å²) in [5.74, 6) is 0.0289. The molecular formula is C56H108O6. The Morgan fingerprint density at radius 2 is 0.565 bits per heavy atom. The molecule has 0 aromatic carbocycles. The highest BCUT2D eigenvalue weighted by Gasteiger charge is 2.19. The summed E-state index contributed by atoms with van der Waals surface area (Å²) in [7, 11) is 0. The Kier molecular flexibility index (Phi) is 49.1. The molecule has 0 aromatic heterocycles. The summed E-state index contributed by atoms with van der Waals surface area (Å²) in [6, 6.07) is 0. The van der Waals surface area contributed by atoms with E-state index in [0.717, 1.165) is 63.7 Å². The zero-order valence-corrected chi connectivity index (χ0v) is 42.3. The summed E-state index contributed by atoms with van der Waals surface area (Å²) in [4.78, 5) is 38.0. The van der Waals surface area contributed by atoms with E-state index in [2.05, 4.69) is 27.7 Å². The van der Waals surface area contributed by atoms with Gasteiger partial charge in [-0.25, -0.2) is 0 Å². The first-order valence-electron chi connectivity index (χ1n) is 27.9. The molecule has 6 heteroatoms. The molecule has 1 unspecified atom stereocenters. The Balaban J connectivity index is 4.24. The molecule has 0 aliphatic carbocycles. The fourth-order valence-corrected chi connectivity index (χ4v) is 8.54. The van der Waals surface area contributed by atoms with Crippen LogP contribution in [0.15, 0.2) is 0 Å². The minimum absolute atomic E-state index is 0.0624. The second-order valence-corrected chi connectivity index (χ2v) is 19.5. The Bertz CT molecular complexity index is 935. The van der Waals surface area contributed by atoms with Crippen molar-refractivity contribution in [1.82, 2.24) is 0 Å². The van der Waals surface area contributed by atoms with Crippen LogP contribution in [0.1, 0.15) is 317 Å². The second kappa shape index (κ2) is 50.4. The maximum absolute atomic E-state index is 12.8. The quantitative estimate of drug-likeness (QED) is 0.0344. The molecular weight excluding hydrogens is 769 g/mol. The molecule has 0 heterocycles. The SMILES string of the molecule is CCCCCCCCCCCCCCCCCCCCCC(=O)OC[C@@H](COC(=O)CCCCCCCCCCCCC(C)CC)OC(=O)CCCCCCCCCCCCC. The Labute approximate surface area is 387 Å². The van der Waals surface area contributed by atoms with Crippen molar-refractivity contribution in [2.24, 2.45) is 5.92 Å². The molecule has 368 valence electrons. The third-order valence-corrected chi connectivity index (χ3v) is 13.2. The molecule has 0 saturated carbocycles. The van der Waals surface area contributed by atoms with Crippen LogP contribution < -0.4 is 0 Å². The van der Waals surface area contributed by atoms with E-state index in [1.165, 1.54) is 212 Å². The van der Waals surface area contributed by atoms with Crippen LogP contribution in [0.5, 0.6) is 0 Å². The minimum Gasteiger partial charge on any atom is -0.462 e. The van der Waals surface area contributed by atoms with Gasteiger partial charge in [-0.2, -0.15) is 0 Å². The van der Waals surface area contributed by atoms with Gasteiger partial charge < -0.3 is 14.2 Å². The van der Waals surface area contributed by atoms with Gasteiger partial charge in [-0.1, -0.05) is 278 Å². The van der Waals surface area contributed by atoms with Gasteiger partial charge >= 0.3 is 17.9 Å². The molecule has 6 nitrogen and oxygen atoms in total. The lowest BCUT2D eigenvalue weighted by atomic mass is 9.99. The smallest absolute Gasteiger partial charge is 0.306 e. The average molecular weight is 877 g/mol. The average Bonchev–Trinajstić information content (AvgIpc) is 3.27. The minimum atomic E-state index is -0.761. The van der Waals surface area contributed by atoms with Crippen molar-refractivity contribution in [3.8, 4) is 0 Å². The summed E-state index contributed by atoms with van der Waals surface area (Å²) in [5, 5.41) is 0. The lowest BCUT2D eigenvalue weighted by Gasteiger charge is -2.18. The predicted molar refractivity (Wildman–Crippen MR) is 266 cm³/mol. The highest BCUT2D eigenvalue weighted by Crippen LogP contribution is 2.18. The fourth-order valence-electron chi connectivity index (χ4n) is 8.54. The summed E-state index contributed by atoms with van der Waals surface area (Å²) in [5.41, 5.74) is 0. The fraction of sp³-hybridized carbons (Fsp3) is 0.946. The first-order chi connectivity index (χ1) is 30.4. The number of carbonyl (C=O) groups excluding carboxylic acids is 3. The first kappa shape index (κ1) is 60.4. The van der Waals surface area contributed by atoms with Crippen LogP contribution in [0, 0.1) is 5.92 Å². The summed E-state index contributed by atoms with van der Waals surface area (Å²) >= 11 is 0. The van der Waals surface area contributed by atoms with Gasteiger partial charge in [-0.15, -0.1) is 0 Å². The lowest BCUT2D eigenvalue weighted by Crippen LogP contribution is -2.30. The summed E-state index contributed by atoms with van der Waals surface area (Å²) in [6.07, 6.45) is 53.7. The first-order valence-corrected chi connectivity index (χ1v) is 27.9. The predicted octanol–water partition coefficient (Wildman–Crippen LogP) is 18.2. The van der Waals surface area contributed by atoms with Crippen molar-refractivity contribution in [3.63, 3.8) is 0 Å². The molecule has 0 N–H and O–H groups in total. The normalized spacial score (nSPS) is 12.4. The van der Waals surface area contributed by atoms with Crippen molar-refractivity contribution in [3.05, 3.63) is 0 Å². The van der Waals surface area contributed by atoms with Crippen molar-refractivity contribution in [2.45, 2.75) is 323 Å². The van der Waals surface area contributed by atoms with E-state index in [9.17, 15) is 14.4 Å². The zero-order valence-electron chi connectivity index (χ0n) is 42.3. The maximum Gasteiger partial charge on any atom is 0.306 e. The standard InChI is InChI=1S/C56H108O6/c1-5-8-10-12-14-16-18-19-20-21-22-23-24-25-27-31-35-39-43-47-54(57)60-50-53(62-56(59)49-45-41-37-33-26-17-15-13-11-9-6-2)51-61-55(58)48-44-40-36-32-29-28-30-34-38-42-46-52(4)7-3/h52-53H,5-51H2,1-4H3/t52?,53-/m0/s1. The molecule has 0 saturated heterocycles. The zero-order chi connectivity index (χ0) is 45.2. The number of hydrogen-bond acceptors (Lipinski definition) is 6. The number of unbranched alkanes of at least 4 members (excludes halogenated alkanes) is 37. The molecule has 0 bridgehead atoms. The molecule has 0 aliphatic rings. The topological polar surface area (TPSA) is 78.9 Å². The van der Waals surface area contributed by atoms with E-state index in [0.29, 0.717) is 19.3 Å². The molecule has 0 amide bonds. The number of carbonyl (C=O) groups is 3. The van der Waals surface area contributed by atoms with Gasteiger partial charge in [-0.3, -0.25) is 14.4 Å². The number of esters is 3. The van der Waals surface area contributed by atoms with Crippen molar-refractivity contribution in [2.75, 3.05) is 13.2 Å². The maximum atomic E-state index is 12.8. The molecule has 62 heavy (non-hydrogen) atoms. The number of ether oxygens (including phenoxy) is 3. The van der Waals surface area contributed by atoms with Crippen LogP contribution in [0.4, 0.5) is 0 Å². The van der Waals surface area contributed by atoms with E-state index >= 15 is 0 Å². The third-order valence-electron chi connectivity index (χ3n) is 13.2. The van der Waals surface area contributed by atoms with Crippen molar-refractivity contribution >= 4 is 17.9 Å².